The van der Waals surface area contributed by atoms with Crippen LogP contribution in [-0.4, -0.2) is 51.2 Å². The van der Waals surface area contributed by atoms with Crippen LogP contribution in [0.25, 0.3) is 0 Å². The summed E-state index contributed by atoms with van der Waals surface area (Å²) >= 11 is 0. The first-order valence-corrected chi connectivity index (χ1v) is 9.10. The average molecular weight is 389 g/mol. The van der Waals surface area contributed by atoms with E-state index in [2.05, 4.69) is 4.98 Å². The van der Waals surface area contributed by atoms with Crippen molar-refractivity contribution in [1.29, 1.82) is 0 Å². The summed E-state index contributed by atoms with van der Waals surface area (Å²) in [6, 6.07) is 5.32. The lowest BCUT2D eigenvalue weighted by molar-refractivity contribution is -0.907. The van der Waals surface area contributed by atoms with Gasteiger partial charge < -0.3 is 24.1 Å². The normalized spacial score (nSPS) is 13.0. The van der Waals surface area contributed by atoms with Crippen LogP contribution >= 0.6 is 0 Å². The van der Waals surface area contributed by atoms with Crippen molar-refractivity contribution in [2.45, 2.75) is 33.4 Å². The molecular weight excluding hydrogens is 360 g/mol. The van der Waals surface area contributed by atoms with Crippen molar-refractivity contribution in [2.75, 3.05) is 28.4 Å². The molecule has 2 rings (SSSR count). The van der Waals surface area contributed by atoms with Crippen molar-refractivity contribution < 1.29 is 28.7 Å². The van der Waals surface area contributed by atoms with Gasteiger partial charge in [-0.3, -0.25) is 4.79 Å². The second-order valence-corrected chi connectivity index (χ2v) is 6.90. The van der Waals surface area contributed by atoms with E-state index in [1.165, 1.54) is 7.11 Å². The fourth-order valence-electron chi connectivity index (χ4n) is 3.30. The standard InChI is InChI=1S/C21H28N2O5/c1-12-18(21(25)28-7)13(2)22-19(12)20(24)14(3)23(4)11-15-8-9-16(26-5)10-17(15)27-6/h8-10,14,22H,11H2,1-7H3/p+1/t14-/m1/s1. The van der Waals surface area contributed by atoms with Crippen molar-refractivity contribution in [3.63, 3.8) is 0 Å². The molecule has 0 amide bonds. The van der Waals surface area contributed by atoms with Crippen molar-refractivity contribution in [3.8, 4) is 11.5 Å². The number of aromatic amines is 1. The molecule has 28 heavy (non-hydrogen) atoms. The molecule has 0 spiro atoms. The highest BCUT2D eigenvalue weighted by Gasteiger charge is 2.30. The number of likely N-dealkylation sites (N-methyl/N-ethyl adjacent to an activating group) is 1. The number of methoxy groups -OCH3 is 3. The van der Waals surface area contributed by atoms with Crippen LogP contribution in [0.2, 0.25) is 0 Å². The number of esters is 1. The van der Waals surface area contributed by atoms with Crippen molar-refractivity contribution in [3.05, 3.63) is 46.3 Å². The molecule has 0 saturated heterocycles. The Hall–Kier alpha value is -2.80. The molecule has 2 atom stereocenters. The van der Waals surface area contributed by atoms with Gasteiger partial charge >= 0.3 is 5.97 Å². The lowest BCUT2D eigenvalue weighted by Crippen LogP contribution is -3.12. The van der Waals surface area contributed by atoms with Crippen LogP contribution in [-0.2, 0) is 11.3 Å². The molecule has 0 fully saturated rings. The predicted molar refractivity (Wildman–Crippen MR) is 106 cm³/mol. The number of ketones is 1. The zero-order valence-corrected chi connectivity index (χ0v) is 17.6. The number of hydrogen-bond donors (Lipinski definition) is 2. The number of carbonyl (C=O) groups is 2. The molecule has 7 nitrogen and oxygen atoms in total. The summed E-state index contributed by atoms with van der Waals surface area (Å²) in [4.78, 5) is 29.1. The van der Waals surface area contributed by atoms with Crippen molar-refractivity contribution >= 4 is 11.8 Å². The first kappa shape index (κ1) is 21.5. The molecule has 7 heteroatoms. The molecule has 1 unspecified atom stereocenters. The number of hydrogen-bond acceptors (Lipinski definition) is 5. The minimum absolute atomic E-state index is 0.0549. The Labute approximate surface area is 165 Å². The van der Waals surface area contributed by atoms with Gasteiger partial charge in [-0.05, 0) is 38.5 Å². The first-order valence-electron chi connectivity index (χ1n) is 9.10. The molecule has 1 heterocycles. The number of aromatic nitrogens is 1. The van der Waals surface area contributed by atoms with E-state index in [1.54, 1.807) is 28.1 Å². The van der Waals surface area contributed by atoms with Crippen LogP contribution in [0.5, 0.6) is 11.5 Å². The molecule has 0 saturated carbocycles. The number of rotatable bonds is 8. The Morgan fingerprint density at radius 2 is 1.82 bits per heavy atom. The number of H-pyrrole nitrogens is 1. The summed E-state index contributed by atoms with van der Waals surface area (Å²) in [7, 11) is 6.51. The molecule has 0 radical (unpaired) electrons. The molecule has 0 aliphatic carbocycles. The Balaban J connectivity index is 2.23. The highest BCUT2D eigenvalue weighted by molar-refractivity contribution is 6.03. The topological polar surface area (TPSA) is 82.1 Å². The van der Waals surface area contributed by atoms with Gasteiger partial charge in [-0.15, -0.1) is 0 Å². The maximum absolute atomic E-state index is 13.1. The van der Waals surface area contributed by atoms with Gasteiger partial charge in [0, 0.05) is 17.3 Å². The van der Waals surface area contributed by atoms with Crippen LogP contribution in [0, 0.1) is 13.8 Å². The zero-order valence-electron chi connectivity index (χ0n) is 17.6. The maximum atomic E-state index is 13.1. The third-order valence-corrected chi connectivity index (χ3v) is 5.17. The molecule has 0 bridgehead atoms. The quantitative estimate of drug-likeness (QED) is 0.531. The van der Waals surface area contributed by atoms with Crippen LogP contribution in [0.3, 0.4) is 0 Å². The van der Waals surface area contributed by atoms with Gasteiger partial charge in [-0.1, -0.05) is 0 Å². The van der Waals surface area contributed by atoms with Gasteiger partial charge in [0.1, 0.15) is 18.0 Å². The Kier molecular flexibility index (Phi) is 6.85. The van der Waals surface area contributed by atoms with E-state index in [4.69, 9.17) is 14.2 Å². The summed E-state index contributed by atoms with van der Waals surface area (Å²) in [5.74, 6) is 0.941. The summed E-state index contributed by atoms with van der Waals surface area (Å²) in [6.07, 6.45) is 0. The van der Waals surface area contributed by atoms with Crippen LogP contribution < -0.4 is 14.4 Å². The second-order valence-electron chi connectivity index (χ2n) is 6.90. The Morgan fingerprint density at radius 3 is 2.39 bits per heavy atom. The summed E-state index contributed by atoms with van der Waals surface area (Å²) in [6.45, 7) is 6.00. The maximum Gasteiger partial charge on any atom is 0.339 e. The third-order valence-electron chi connectivity index (χ3n) is 5.17. The highest BCUT2D eigenvalue weighted by Crippen LogP contribution is 2.24. The number of quaternary nitrogens is 1. The average Bonchev–Trinajstić information content (AvgIpc) is 3.00. The van der Waals surface area contributed by atoms with Crippen molar-refractivity contribution in [2.24, 2.45) is 0 Å². The number of Topliss-reactive ketones (excluding diaryl/α,β-unsaturated/α-hetero) is 1. The second kappa shape index (κ2) is 8.93. The number of ether oxygens (including phenoxy) is 3. The van der Waals surface area contributed by atoms with Crippen molar-refractivity contribution in [1.82, 2.24) is 4.98 Å². The molecule has 2 N–H and O–H groups in total. The monoisotopic (exact) mass is 389 g/mol. The molecule has 1 aromatic carbocycles. The summed E-state index contributed by atoms with van der Waals surface area (Å²) in [5, 5.41) is 0. The Bertz CT molecular complexity index is 872. The Morgan fingerprint density at radius 1 is 1.14 bits per heavy atom. The summed E-state index contributed by atoms with van der Waals surface area (Å²) in [5.41, 5.74) is 3.11. The fourth-order valence-corrected chi connectivity index (χ4v) is 3.30. The minimum atomic E-state index is -0.443. The minimum Gasteiger partial charge on any atom is -0.497 e. The van der Waals surface area contributed by atoms with E-state index in [-0.39, 0.29) is 11.8 Å². The number of benzene rings is 1. The number of aryl methyl sites for hydroxylation is 1. The first-order chi connectivity index (χ1) is 13.2. The molecular formula is C21H29N2O5+. The smallest absolute Gasteiger partial charge is 0.339 e. The lowest BCUT2D eigenvalue weighted by atomic mass is 10.0. The fraction of sp³-hybridized carbons (Fsp3) is 0.429. The predicted octanol–water partition coefficient (Wildman–Crippen LogP) is 1.72. The van der Waals surface area contributed by atoms with E-state index < -0.39 is 5.97 Å². The van der Waals surface area contributed by atoms with Crippen LogP contribution in [0.4, 0.5) is 0 Å². The molecule has 0 aliphatic heterocycles. The number of carbonyl (C=O) groups excluding carboxylic acids is 2. The van der Waals surface area contributed by atoms with Gasteiger partial charge in [0.15, 0.2) is 6.04 Å². The van der Waals surface area contributed by atoms with E-state index >= 15 is 0 Å². The van der Waals surface area contributed by atoms with Crippen LogP contribution in [0.1, 0.15) is 44.6 Å². The lowest BCUT2D eigenvalue weighted by Gasteiger charge is -2.22. The van der Waals surface area contributed by atoms with E-state index in [0.29, 0.717) is 29.1 Å². The summed E-state index contributed by atoms with van der Waals surface area (Å²) < 4.78 is 15.5. The number of nitrogens with one attached hydrogen (secondary N) is 2. The molecule has 152 valence electrons. The molecule has 2 aromatic rings. The van der Waals surface area contributed by atoms with Gasteiger partial charge in [-0.2, -0.15) is 0 Å². The highest BCUT2D eigenvalue weighted by atomic mass is 16.5. The van der Waals surface area contributed by atoms with Gasteiger partial charge in [0.25, 0.3) is 0 Å². The van der Waals surface area contributed by atoms with E-state index in [1.807, 2.05) is 32.2 Å². The zero-order chi connectivity index (χ0) is 21.0. The van der Waals surface area contributed by atoms with Gasteiger partial charge in [-0.25, -0.2) is 4.79 Å². The van der Waals surface area contributed by atoms with Crippen LogP contribution in [0.15, 0.2) is 18.2 Å². The third kappa shape index (κ3) is 4.20. The molecule has 0 aliphatic rings. The van der Waals surface area contributed by atoms with Gasteiger partial charge in [0.05, 0.1) is 39.6 Å². The molecule has 1 aromatic heterocycles. The SMILES string of the molecule is COC(=O)c1c(C)[nH]c(C(=O)[C@@H](C)[NH+](C)Cc2ccc(OC)cc2OC)c1C. The van der Waals surface area contributed by atoms with E-state index in [0.717, 1.165) is 22.0 Å². The van der Waals surface area contributed by atoms with E-state index in [9.17, 15) is 9.59 Å². The largest absolute Gasteiger partial charge is 0.497 e. The van der Waals surface area contributed by atoms with Gasteiger partial charge in [0.2, 0.25) is 5.78 Å².